The molecule has 6 rings (SSSR count). The van der Waals surface area contributed by atoms with Crippen molar-refractivity contribution in [1.82, 2.24) is 5.32 Å². The van der Waals surface area contributed by atoms with E-state index >= 15 is 0 Å². The lowest BCUT2D eigenvalue weighted by Gasteiger charge is -2.17. The van der Waals surface area contributed by atoms with Crippen molar-refractivity contribution in [3.05, 3.63) is 116 Å². The fourth-order valence-corrected chi connectivity index (χ4v) is 9.81. The molecule has 8 bridgehead atoms. The molecule has 322 valence electrons. The van der Waals surface area contributed by atoms with Gasteiger partial charge in [0, 0.05) is 52.8 Å². The lowest BCUT2D eigenvalue weighted by Crippen LogP contribution is -2.16. The Morgan fingerprint density at radius 1 is 0.900 bits per heavy atom. The van der Waals surface area contributed by atoms with E-state index < -0.39 is 0 Å². The molecular formula is C53H72N4O3. The summed E-state index contributed by atoms with van der Waals surface area (Å²) in [5, 5.41) is 15.2. The van der Waals surface area contributed by atoms with E-state index in [-0.39, 0.29) is 17.8 Å². The van der Waals surface area contributed by atoms with E-state index in [2.05, 4.69) is 98.5 Å². The number of carbonyl (C=O) groups is 1. The first kappa shape index (κ1) is 45.0. The summed E-state index contributed by atoms with van der Waals surface area (Å²) in [7, 11) is 0. The number of nitrogens with one attached hydrogen (secondary N) is 1. The van der Waals surface area contributed by atoms with Gasteiger partial charge in [-0.3, -0.25) is 4.79 Å². The first-order valence-corrected chi connectivity index (χ1v) is 23.1. The molecule has 6 aliphatic rings. The zero-order chi connectivity index (χ0) is 43.2. The van der Waals surface area contributed by atoms with Crippen LogP contribution in [0, 0.1) is 29.6 Å². The molecule has 5 heterocycles. The van der Waals surface area contributed by atoms with Crippen LogP contribution in [0.4, 0.5) is 0 Å². The van der Waals surface area contributed by atoms with E-state index in [1.54, 1.807) is 0 Å². The third kappa shape index (κ3) is 10.1. The molecule has 0 radical (unpaired) electrons. The molecule has 0 saturated carbocycles. The number of aliphatic imine (C=N–C) groups is 3. The summed E-state index contributed by atoms with van der Waals surface area (Å²) >= 11 is 0. The number of aliphatic hydroxyl groups is 1. The van der Waals surface area contributed by atoms with Gasteiger partial charge in [0.25, 0.3) is 0 Å². The van der Waals surface area contributed by atoms with Crippen LogP contribution in [0.15, 0.2) is 131 Å². The third-order valence-corrected chi connectivity index (χ3v) is 13.8. The monoisotopic (exact) mass is 813 g/mol. The minimum Gasteiger partial charge on any atom is -0.511 e. The molecule has 0 aromatic heterocycles. The smallest absolute Gasteiger partial charge is 0.306 e. The number of esters is 1. The summed E-state index contributed by atoms with van der Waals surface area (Å²) in [6, 6.07) is 0. The highest BCUT2D eigenvalue weighted by Crippen LogP contribution is 2.46. The average molecular weight is 813 g/mol. The number of hydrogen-bond acceptors (Lipinski definition) is 7. The van der Waals surface area contributed by atoms with Gasteiger partial charge in [-0.25, -0.2) is 15.0 Å². The number of aliphatic hydroxyl groups excluding tert-OH is 1. The van der Waals surface area contributed by atoms with Crippen LogP contribution >= 0.6 is 0 Å². The Balaban J connectivity index is 1.12. The van der Waals surface area contributed by atoms with Crippen molar-refractivity contribution in [3.63, 3.8) is 0 Å². The maximum absolute atomic E-state index is 13.3. The molecule has 60 heavy (non-hydrogen) atoms. The van der Waals surface area contributed by atoms with E-state index in [9.17, 15) is 9.90 Å². The number of nitrogens with zero attached hydrogens (tertiary/aromatic N) is 3. The van der Waals surface area contributed by atoms with Crippen molar-refractivity contribution in [2.75, 3.05) is 6.61 Å². The zero-order valence-electron chi connectivity index (χ0n) is 38.5. The Labute approximate surface area is 361 Å². The Hall–Kier alpha value is -4.52. The highest BCUT2D eigenvalue weighted by atomic mass is 16.5. The van der Waals surface area contributed by atoms with E-state index in [1.165, 1.54) is 62.5 Å². The molecule has 0 amide bonds. The van der Waals surface area contributed by atoms with Crippen LogP contribution < -0.4 is 5.32 Å². The maximum atomic E-state index is 13.3. The number of allylic oxidation sites excluding steroid dienone is 13. The average Bonchev–Trinajstić information content (AvgIpc) is 3.95. The Bertz CT molecular complexity index is 2130. The Morgan fingerprint density at radius 2 is 1.57 bits per heavy atom. The molecule has 2 N–H and O–H groups in total. The second-order valence-corrected chi connectivity index (χ2v) is 18.9. The number of fused-ring (bicyclic) bond motifs is 5. The van der Waals surface area contributed by atoms with Gasteiger partial charge in [0.05, 0.1) is 34.2 Å². The molecule has 5 aliphatic heterocycles. The van der Waals surface area contributed by atoms with E-state index in [1.807, 2.05) is 13.0 Å². The van der Waals surface area contributed by atoms with E-state index in [4.69, 9.17) is 19.7 Å². The van der Waals surface area contributed by atoms with Crippen LogP contribution in [0.1, 0.15) is 153 Å². The van der Waals surface area contributed by atoms with Crippen molar-refractivity contribution in [2.24, 2.45) is 44.6 Å². The summed E-state index contributed by atoms with van der Waals surface area (Å²) in [6.07, 6.45) is 24.0. The Morgan fingerprint density at radius 3 is 2.25 bits per heavy atom. The van der Waals surface area contributed by atoms with Gasteiger partial charge < -0.3 is 15.2 Å². The number of hydrogen-bond donors (Lipinski definition) is 2. The van der Waals surface area contributed by atoms with E-state index in [0.717, 1.165) is 110 Å². The fraction of sp³-hybridized carbons (Fsp3) is 0.547. The van der Waals surface area contributed by atoms with Crippen molar-refractivity contribution >= 4 is 23.1 Å². The lowest BCUT2D eigenvalue weighted by molar-refractivity contribution is -0.142. The van der Waals surface area contributed by atoms with Crippen LogP contribution in [-0.2, 0) is 9.53 Å². The minimum absolute atomic E-state index is 0.00146. The highest BCUT2D eigenvalue weighted by Gasteiger charge is 2.41. The second kappa shape index (κ2) is 19.9. The van der Waals surface area contributed by atoms with Gasteiger partial charge >= 0.3 is 5.97 Å². The summed E-state index contributed by atoms with van der Waals surface area (Å²) in [5.41, 5.74) is 15.6. The van der Waals surface area contributed by atoms with Gasteiger partial charge in [-0.1, -0.05) is 105 Å². The third-order valence-electron chi connectivity index (χ3n) is 13.8. The second-order valence-electron chi connectivity index (χ2n) is 18.9. The van der Waals surface area contributed by atoms with Crippen molar-refractivity contribution in [2.45, 2.75) is 153 Å². The lowest BCUT2D eigenvalue weighted by atomic mass is 9.86. The van der Waals surface area contributed by atoms with Crippen LogP contribution in [0.5, 0.6) is 0 Å². The van der Waals surface area contributed by atoms with Crippen molar-refractivity contribution in [1.29, 1.82) is 0 Å². The molecule has 7 nitrogen and oxygen atoms in total. The fourth-order valence-electron chi connectivity index (χ4n) is 9.81. The van der Waals surface area contributed by atoms with Gasteiger partial charge in [-0.05, 0) is 118 Å². The molecular weight excluding hydrogens is 741 g/mol. The topological polar surface area (TPSA) is 95.6 Å². The molecule has 1 fully saturated rings. The zero-order valence-corrected chi connectivity index (χ0v) is 38.5. The molecule has 1 aliphatic carbocycles. The van der Waals surface area contributed by atoms with Crippen LogP contribution in [0.2, 0.25) is 0 Å². The normalized spacial score (nSPS) is 22.4. The Kier molecular flexibility index (Phi) is 14.9. The first-order valence-electron chi connectivity index (χ1n) is 23.1. The molecule has 0 spiro atoms. The van der Waals surface area contributed by atoms with Gasteiger partial charge in [-0.2, -0.15) is 0 Å². The van der Waals surface area contributed by atoms with E-state index in [0.29, 0.717) is 31.6 Å². The number of carbonyl (C=O) groups excluding carboxylic acids is 1. The minimum atomic E-state index is -0.188. The van der Waals surface area contributed by atoms with Crippen LogP contribution in [-0.4, -0.2) is 34.8 Å². The highest BCUT2D eigenvalue weighted by molar-refractivity contribution is 6.21. The molecule has 0 aromatic rings. The quantitative estimate of drug-likeness (QED) is 0.100. The summed E-state index contributed by atoms with van der Waals surface area (Å²) in [4.78, 5) is 28.7. The van der Waals surface area contributed by atoms with Gasteiger partial charge in [0.15, 0.2) is 0 Å². The largest absolute Gasteiger partial charge is 0.511 e. The predicted octanol–water partition coefficient (Wildman–Crippen LogP) is 13.6. The van der Waals surface area contributed by atoms with Crippen molar-refractivity contribution < 1.29 is 14.6 Å². The maximum Gasteiger partial charge on any atom is 0.306 e. The molecule has 7 heteroatoms. The van der Waals surface area contributed by atoms with Gasteiger partial charge in [0.2, 0.25) is 0 Å². The summed E-state index contributed by atoms with van der Waals surface area (Å²) in [6.45, 7) is 26.7. The molecule has 0 aromatic carbocycles. The number of rotatable bonds is 19. The molecule has 2 unspecified atom stereocenters. The van der Waals surface area contributed by atoms with Gasteiger partial charge in [0.1, 0.15) is 12.4 Å². The summed E-state index contributed by atoms with van der Waals surface area (Å²) in [5.74, 6) is 2.61. The molecule has 4 atom stereocenters. The van der Waals surface area contributed by atoms with Gasteiger partial charge in [-0.15, -0.1) is 0 Å². The SMILES string of the molecule is C=CC1=C(C)C2=NC1=CC1=NC(=CC3=C(C)C4=C(O)CC(=C5NC(=C2)[C@@H](C)[C@@H]5CCC(=O)OC/C=C(\C)CCCC(C)CCCC(C)CCCC(C)C)C4=N3)C(CC)=C1C. The van der Waals surface area contributed by atoms with Crippen molar-refractivity contribution in [3.8, 4) is 0 Å². The van der Waals surface area contributed by atoms with Crippen LogP contribution in [0.25, 0.3) is 0 Å². The standard InChI is InChI=1S/C53H72N4O3/c1-12-39-35(8)43-28-45-37(10)41(23-24-50(59)60-26-25-34(7)22-16-21-33(6)20-15-19-32(5)18-14-17-31(3)4)52(56-45)42-27-49(58)51-38(11)46(57-53(42)51)30-48-40(13-2)36(9)44(55-48)29-47(39)54-43/h12,25,28-33,37,41,56,58H,1,13-24,26-27H2,2-11H3/b34-25+,45-28?,47-29?,48-30?,52-42?/t32?,33?,37-,41-/m0/s1. The summed E-state index contributed by atoms with van der Waals surface area (Å²) < 4.78 is 5.80. The van der Waals surface area contributed by atoms with Crippen LogP contribution in [0.3, 0.4) is 0 Å². The molecule has 1 saturated heterocycles. The first-order chi connectivity index (χ1) is 28.7. The predicted molar refractivity (Wildman–Crippen MR) is 251 cm³/mol. The number of ether oxygens (including phenoxy) is 1.